The quantitative estimate of drug-likeness (QED) is 0.723. The highest BCUT2D eigenvalue weighted by Crippen LogP contribution is 2.14. The molecule has 13 heavy (non-hydrogen) atoms. The molecule has 0 unspecified atom stereocenters. The lowest BCUT2D eigenvalue weighted by Crippen LogP contribution is -1.85. The van der Waals surface area contributed by atoms with E-state index >= 15 is 0 Å². The number of nitriles is 1. The summed E-state index contributed by atoms with van der Waals surface area (Å²) in [5.74, 6) is 0. The SMILES string of the molecule is Cc1c(C#N)cccc1C=CCBr. The summed E-state index contributed by atoms with van der Waals surface area (Å²) >= 11 is 3.32. The molecule has 0 radical (unpaired) electrons. The third-order valence-corrected chi connectivity index (χ3v) is 2.26. The van der Waals surface area contributed by atoms with Crippen LogP contribution in [-0.4, -0.2) is 5.33 Å². The van der Waals surface area contributed by atoms with Gasteiger partial charge in [0.25, 0.3) is 0 Å². The van der Waals surface area contributed by atoms with Gasteiger partial charge in [-0.3, -0.25) is 0 Å². The molecule has 1 aromatic rings. The van der Waals surface area contributed by atoms with E-state index in [0.29, 0.717) is 0 Å². The number of rotatable bonds is 2. The van der Waals surface area contributed by atoms with Crippen LogP contribution in [0.3, 0.4) is 0 Å². The maximum Gasteiger partial charge on any atom is 0.0994 e. The van der Waals surface area contributed by atoms with Crippen LogP contribution in [0.25, 0.3) is 6.08 Å². The molecule has 0 saturated carbocycles. The van der Waals surface area contributed by atoms with Gasteiger partial charge >= 0.3 is 0 Å². The summed E-state index contributed by atoms with van der Waals surface area (Å²) in [6, 6.07) is 7.91. The summed E-state index contributed by atoms with van der Waals surface area (Å²) < 4.78 is 0. The number of allylic oxidation sites excluding steroid dienone is 1. The average molecular weight is 236 g/mol. The molecule has 0 heterocycles. The molecule has 0 fully saturated rings. The lowest BCUT2D eigenvalue weighted by molar-refractivity contribution is 1.38. The van der Waals surface area contributed by atoms with Gasteiger partial charge in [-0.2, -0.15) is 5.26 Å². The first-order chi connectivity index (χ1) is 6.29. The zero-order chi connectivity index (χ0) is 9.68. The molecule has 0 amide bonds. The monoisotopic (exact) mass is 235 g/mol. The highest BCUT2D eigenvalue weighted by atomic mass is 79.9. The predicted molar refractivity (Wildman–Crippen MR) is 58.7 cm³/mol. The van der Waals surface area contributed by atoms with Crippen LogP contribution in [0.5, 0.6) is 0 Å². The van der Waals surface area contributed by atoms with Gasteiger partial charge in [-0.25, -0.2) is 0 Å². The van der Waals surface area contributed by atoms with Crippen LogP contribution in [0, 0.1) is 18.3 Å². The van der Waals surface area contributed by atoms with Crippen molar-refractivity contribution in [2.75, 3.05) is 5.33 Å². The molecule has 0 N–H and O–H groups in total. The van der Waals surface area contributed by atoms with Crippen molar-refractivity contribution < 1.29 is 0 Å². The van der Waals surface area contributed by atoms with E-state index in [1.54, 1.807) is 0 Å². The van der Waals surface area contributed by atoms with Gasteiger partial charge in [-0.15, -0.1) is 0 Å². The minimum absolute atomic E-state index is 0.747. The van der Waals surface area contributed by atoms with Gasteiger partial charge in [-0.1, -0.05) is 40.2 Å². The Labute approximate surface area is 86.8 Å². The van der Waals surface area contributed by atoms with Crippen molar-refractivity contribution in [3.8, 4) is 6.07 Å². The van der Waals surface area contributed by atoms with Crippen molar-refractivity contribution in [3.05, 3.63) is 41.0 Å². The van der Waals surface area contributed by atoms with Crippen LogP contribution in [0.15, 0.2) is 24.3 Å². The Bertz CT molecular complexity index is 361. The first-order valence-corrected chi connectivity index (χ1v) is 5.14. The maximum atomic E-state index is 8.78. The van der Waals surface area contributed by atoms with E-state index in [-0.39, 0.29) is 0 Å². The fraction of sp³-hybridized carbons (Fsp3) is 0.182. The van der Waals surface area contributed by atoms with Crippen molar-refractivity contribution in [1.29, 1.82) is 5.26 Å². The summed E-state index contributed by atoms with van der Waals surface area (Å²) in [6.07, 6.45) is 4.04. The minimum atomic E-state index is 0.747. The fourth-order valence-electron chi connectivity index (χ4n) is 1.13. The Hall–Kier alpha value is -1.07. The molecule has 0 aromatic heterocycles. The zero-order valence-corrected chi connectivity index (χ0v) is 9.01. The first-order valence-electron chi connectivity index (χ1n) is 4.02. The van der Waals surface area contributed by atoms with Crippen LogP contribution in [0.1, 0.15) is 16.7 Å². The van der Waals surface area contributed by atoms with E-state index in [4.69, 9.17) is 5.26 Å². The van der Waals surface area contributed by atoms with Crippen molar-refractivity contribution in [2.45, 2.75) is 6.92 Å². The second kappa shape index (κ2) is 4.84. The van der Waals surface area contributed by atoms with Crippen LogP contribution in [0.4, 0.5) is 0 Å². The van der Waals surface area contributed by atoms with Gasteiger partial charge in [0.05, 0.1) is 11.6 Å². The Morgan fingerprint density at radius 2 is 2.31 bits per heavy atom. The highest BCUT2D eigenvalue weighted by molar-refractivity contribution is 9.09. The first kappa shape index (κ1) is 10.0. The molecule has 0 atom stereocenters. The summed E-state index contributed by atoms with van der Waals surface area (Å²) in [5.41, 5.74) is 2.90. The Balaban J connectivity index is 3.10. The van der Waals surface area contributed by atoms with Crippen LogP contribution in [0.2, 0.25) is 0 Å². The Kier molecular flexibility index (Phi) is 3.72. The molecule has 1 nitrogen and oxygen atoms in total. The van der Waals surface area contributed by atoms with Gasteiger partial charge in [0.1, 0.15) is 0 Å². The molecule has 0 saturated heterocycles. The standard InChI is InChI=1S/C11H10BrN/c1-9-10(6-3-7-12)4-2-5-11(9)8-13/h2-6H,7H2,1H3. The summed E-state index contributed by atoms with van der Waals surface area (Å²) in [4.78, 5) is 0. The van der Waals surface area contributed by atoms with Crippen molar-refractivity contribution >= 4 is 22.0 Å². The third-order valence-electron chi connectivity index (χ3n) is 1.88. The Morgan fingerprint density at radius 3 is 2.92 bits per heavy atom. The molecule has 0 bridgehead atoms. The van der Waals surface area contributed by atoms with E-state index < -0.39 is 0 Å². The summed E-state index contributed by atoms with van der Waals surface area (Å²) in [7, 11) is 0. The average Bonchev–Trinajstić information content (AvgIpc) is 2.16. The van der Waals surface area contributed by atoms with E-state index in [1.165, 1.54) is 0 Å². The largest absolute Gasteiger partial charge is 0.192 e. The zero-order valence-electron chi connectivity index (χ0n) is 7.42. The molecule has 0 spiro atoms. The molecule has 0 aliphatic heterocycles. The molecule has 1 rings (SSSR count). The molecule has 2 heteroatoms. The number of hydrogen-bond donors (Lipinski definition) is 0. The molecule has 1 aromatic carbocycles. The Morgan fingerprint density at radius 1 is 1.54 bits per heavy atom. The number of benzene rings is 1. The molecular weight excluding hydrogens is 226 g/mol. The van der Waals surface area contributed by atoms with Crippen LogP contribution >= 0.6 is 15.9 Å². The van der Waals surface area contributed by atoms with Gasteiger partial charge < -0.3 is 0 Å². The maximum absolute atomic E-state index is 8.78. The van der Waals surface area contributed by atoms with Gasteiger partial charge in [-0.05, 0) is 24.1 Å². The minimum Gasteiger partial charge on any atom is -0.192 e. The van der Waals surface area contributed by atoms with Crippen molar-refractivity contribution in [1.82, 2.24) is 0 Å². The summed E-state index contributed by atoms with van der Waals surface area (Å²) in [5, 5.41) is 9.62. The van der Waals surface area contributed by atoms with E-state index in [2.05, 4.69) is 22.0 Å². The van der Waals surface area contributed by atoms with Gasteiger partial charge in [0, 0.05) is 5.33 Å². The van der Waals surface area contributed by atoms with E-state index in [1.807, 2.05) is 37.3 Å². The third kappa shape index (κ3) is 2.43. The topological polar surface area (TPSA) is 23.8 Å². The number of halogens is 1. The second-order valence-corrected chi connectivity index (χ2v) is 3.34. The lowest BCUT2D eigenvalue weighted by Gasteiger charge is -2.00. The van der Waals surface area contributed by atoms with E-state index in [9.17, 15) is 0 Å². The van der Waals surface area contributed by atoms with Crippen molar-refractivity contribution in [2.24, 2.45) is 0 Å². The van der Waals surface area contributed by atoms with Gasteiger partial charge in [0.15, 0.2) is 0 Å². The van der Waals surface area contributed by atoms with Crippen LogP contribution < -0.4 is 0 Å². The number of nitrogens with zero attached hydrogens (tertiary/aromatic N) is 1. The molecule has 66 valence electrons. The second-order valence-electron chi connectivity index (χ2n) is 2.69. The number of hydrogen-bond acceptors (Lipinski definition) is 1. The number of alkyl halides is 1. The van der Waals surface area contributed by atoms with Gasteiger partial charge in [0.2, 0.25) is 0 Å². The highest BCUT2D eigenvalue weighted by Gasteiger charge is 1.98. The van der Waals surface area contributed by atoms with Crippen LogP contribution in [-0.2, 0) is 0 Å². The predicted octanol–water partition coefficient (Wildman–Crippen LogP) is 3.27. The van der Waals surface area contributed by atoms with E-state index in [0.717, 1.165) is 22.0 Å². The molecule has 0 aliphatic carbocycles. The lowest BCUT2D eigenvalue weighted by atomic mass is 10.0. The molecular formula is C11H10BrN. The summed E-state index contributed by atoms with van der Waals surface area (Å²) in [6.45, 7) is 1.96. The fourth-order valence-corrected chi connectivity index (χ4v) is 1.31. The normalized spacial score (nSPS) is 10.2. The molecule has 0 aliphatic rings. The van der Waals surface area contributed by atoms with Crippen molar-refractivity contribution in [3.63, 3.8) is 0 Å². The smallest absolute Gasteiger partial charge is 0.0994 e.